The number of aryl methyl sites for hydroxylation is 1. The van der Waals surface area contributed by atoms with Gasteiger partial charge in [0.25, 0.3) is 0 Å². The molecule has 0 saturated carbocycles. The molecule has 28 heavy (non-hydrogen) atoms. The molecule has 0 radical (unpaired) electrons. The van der Waals surface area contributed by atoms with Crippen LogP contribution in [0.4, 0.5) is 0 Å². The first kappa shape index (κ1) is 24.9. The molecule has 0 aliphatic carbocycles. The topological polar surface area (TPSA) is 46.5 Å². The summed E-state index contributed by atoms with van der Waals surface area (Å²) in [6.07, 6.45) is 3.65. The molecule has 160 valence electrons. The Balaban J connectivity index is 2.85. The van der Waals surface area contributed by atoms with E-state index in [2.05, 4.69) is 55.4 Å². The van der Waals surface area contributed by atoms with Crippen molar-refractivity contribution in [2.24, 2.45) is 0 Å². The third-order valence-corrected chi connectivity index (χ3v) is 6.41. The van der Waals surface area contributed by atoms with E-state index in [1.165, 1.54) is 0 Å². The molecule has 0 unspecified atom stereocenters. The van der Waals surface area contributed by atoms with E-state index in [0.29, 0.717) is 25.2 Å². The molecular weight excluding hydrogens is 368 g/mol. The number of rotatable bonds is 8. The van der Waals surface area contributed by atoms with Gasteiger partial charge in [-0.05, 0) is 53.2 Å². The smallest absolute Gasteiger partial charge is 0.306 e. The monoisotopic (exact) mass is 408 g/mol. The molecule has 1 N–H and O–H groups in total. The molecule has 0 saturated heterocycles. The van der Waals surface area contributed by atoms with Crippen LogP contribution >= 0.6 is 12.6 Å². The summed E-state index contributed by atoms with van der Waals surface area (Å²) in [7, 11) is 0. The van der Waals surface area contributed by atoms with E-state index >= 15 is 0 Å². The zero-order valence-electron chi connectivity index (χ0n) is 19.1. The van der Waals surface area contributed by atoms with Crippen LogP contribution in [0.2, 0.25) is 0 Å². The predicted molar refractivity (Wildman–Crippen MR) is 122 cm³/mol. The van der Waals surface area contributed by atoms with Gasteiger partial charge in [-0.2, -0.15) is 12.6 Å². The van der Waals surface area contributed by atoms with Crippen LogP contribution in [0.15, 0.2) is 12.1 Å². The van der Waals surface area contributed by atoms with E-state index < -0.39 is 0 Å². The Bertz CT molecular complexity index is 626. The molecule has 0 aliphatic heterocycles. The molecule has 0 atom stereocenters. The lowest BCUT2D eigenvalue weighted by Crippen LogP contribution is -2.22. The van der Waals surface area contributed by atoms with Gasteiger partial charge < -0.3 is 9.84 Å². The number of aromatic hydroxyl groups is 1. The lowest BCUT2D eigenvalue weighted by molar-refractivity contribution is -0.143. The van der Waals surface area contributed by atoms with Crippen LogP contribution < -0.4 is 0 Å². The van der Waals surface area contributed by atoms with Crippen LogP contribution in [0.3, 0.4) is 0 Å². The van der Waals surface area contributed by atoms with Crippen LogP contribution in [0.1, 0.15) is 97.8 Å². The van der Waals surface area contributed by atoms with Crippen LogP contribution in [0.25, 0.3) is 0 Å². The fourth-order valence-electron chi connectivity index (χ4n) is 3.26. The predicted octanol–water partition coefficient (Wildman–Crippen LogP) is 6.34. The summed E-state index contributed by atoms with van der Waals surface area (Å²) < 4.78 is 5.39. The molecule has 3 nitrogen and oxygen atoms in total. The van der Waals surface area contributed by atoms with E-state index in [0.717, 1.165) is 36.0 Å². The molecule has 0 aliphatic rings. The number of esters is 1. The van der Waals surface area contributed by atoms with Gasteiger partial charge >= 0.3 is 5.97 Å². The van der Waals surface area contributed by atoms with Crippen LogP contribution in [0, 0.1) is 0 Å². The Labute approximate surface area is 177 Å². The fourth-order valence-corrected chi connectivity index (χ4v) is 3.35. The van der Waals surface area contributed by atoms with Gasteiger partial charge in [-0.3, -0.25) is 4.79 Å². The number of carbonyl (C=O) groups excluding carboxylic acids is 1. The first-order valence-corrected chi connectivity index (χ1v) is 10.9. The highest BCUT2D eigenvalue weighted by Crippen LogP contribution is 2.40. The minimum Gasteiger partial charge on any atom is -0.507 e. The molecule has 0 bridgehead atoms. The highest BCUT2D eigenvalue weighted by Gasteiger charge is 2.26. The van der Waals surface area contributed by atoms with Crippen molar-refractivity contribution in [1.82, 2.24) is 0 Å². The number of phenols is 1. The van der Waals surface area contributed by atoms with E-state index in [9.17, 15) is 9.90 Å². The largest absolute Gasteiger partial charge is 0.507 e. The Morgan fingerprint density at radius 3 is 1.86 bits per heavy atom. The number of carbonyl (C=O) groups is 1. The minimum atomic E-state index is -0.175. The number of hydrogen-bond acceptors (Lipinski definition) is 4. The van der Waals surface area contributed by atoms with E-state index in [1.807, 2.05) is 12.1 Å². The van der Waals surface area contributed by atoms with Gasteiger partial charge in [-0.1, -0.05) is 67.5 Å². The third-order valence-electron chi connectivity index (χ3n) is 5.55. The average Bonchev–Trinajstić information content (AvgIpc) is 2.58. The maximum absolute atomic E-state index is 12.2. The maximum atomic E-state index is 12.2. The van der Waals surface area contributed by atoms with Gasteiger partial charge in [0.2, 0.25) is 0 Å². The SMILES string of the molecule is CCC(S)(CC)CCOC(=O)CCc1cc(C(C)(C)C)c(O)c(C(C)(C)C)c1. The third kappa shape index (κ3) is 7.02. The first-order chi connectivity index (χ1) is 12.7. The highest BCUT2D eigenvalue weighted by atomic mass is 32.1. The maximum Gasteiger partial charge on any atom is 0.306 e. The Kier molecular flexibility index (Phi) is 8.49. The Morgan fingerprint density at radius 1 is 1.00 bits per heavy atom. The first-order valence-electron chi connectivity index (χ1n) is 10.5. The van der Waals surface area contributed by atoms with E-state index in [1.54, 1.807) is 0 Å². The van der Waals surface area contributed by atoms with Crippen LogP contribution in [-0.2, 0) is 26.8 Å². The zero-order chi connectivity index (χ0) is 21.8. The summed E-state index contributed by atoms with van der Waals surface area (Å²) in [4.78, 5) is 12.2. The number of thiol groups is 1. The van der Waals surface area contributed by atoms with Gasteiger partial charge in [0.1, 0.15) is 5.75 Å². The molecule has 0 heterocycles. The van der Waals surface area contributed by atoms with Gasteiger partial charge in [0.05, 0.1) is 6.61 Å². The normalized spacial score (nSPS) is 12.9. The molecule has 0 amide bonds. The van der Waals surface area contributed by atoms with Gasteiger partial charge in [-0.25, -0.2) is 0 Å². The summed E-state index contributed by atoms with van der Waals surface area (Å²) in [5, 5.41) is 10.8. The number of benzene rings is 1. The van der Waals surface area contributed by atoms with Crippen LogP contribution in [0.5, 0.6) is 5.75 Å². The summed E-state index contributed by atoms with van der Waals surface area (Å²) in [6.45, 7) is 17.2. The van der Waals surface area contributed by atoms with Crippen LogP contribution in [-0.4, -0.2) is 22.4 Å². The van der Waals surface area contributed by atoms with Gasteiger partial charge in [-0.15, -0.1) is 0 Å². The second kappa shape index (κ2) is 9.56. The van der Waals surface area contributed by atoms with Crippen molar-refractivity contribution in [3.63, 3.8) is 0 Å². The molecule has 4 heteroatoms. The molecule has 1 rings (SSSR count). The summed E-state index contributed by atoms with van der Waals surface area (Å²) >= 11 is 4.70. The number of phenolic OH excluding ortho intramolecular Hbond substituents is 1. The standard InChI is InChI=1S/C24H40O3S/c1-9-24(28,10-2)13-14-27-20(25)12-11-17-15-18(22(3,4)5)21(26)19(16-17)23(6,7)8/h15-16,26,28H,9-14H2,1-8H3. The molecule has 0 aromatic heterocycles. The van der Waals surface area contributed by atoms with Crippen molar-refractivity contribution in [3.8, 4) is 5.75 Å². The quantitative estimate of drug-likeness (QED) is 0.389. The van der Waals surface area contributed by atoms with Crippen molar-refractivity contribution in [3.05, 3.63) is 28.8 Å². The molecular formula is C24H40O3S. The summed E-state index contributed by atoms with van der Waals surface area (Å²) in [6, 6.07) is 4.07. The Hall–Kier alpha value is -1.16. The van der Waals surface area contributed by atoms with Crippen molar-refractivity contribution in [2.75, 3.05) is 6.61 Å². The van der Waals surface area contributed by atoms with E-state index in [-0.39, 0.29) is 21.5 Å². The van der Waals surface area contributed by atoms with Crippen molar-refractivity contribution >= 4 is 18.6 Å². The number of ether oxygens (including phenoxy) is 1. The lowest BCUT2D eigenvalue weighted by Gasteiger charge is -2.28. The second-order valence-electron chi connectivity index (χ2n) is 9.94. The molecule has 0 fully saturated rings. The fraction of sp³-hybridized carbons (Fsp3) is 0.708. The highest BCUT2D eigenvalue weighted by molar-refractivity contribution is 7.81. The van der Waals surface area contributed by atoms with Crippen molar-refractivity contribution in [1.29, 1.82) is 0 Å². The summed E-state index contributed by atoms with van der Waals surface area (Å²) in [5.41, 5.74) is 2.58. The van der Waals surface area contributed by atoms with E-state index in [4.69, 9.17) is 17.4 Å². The Morgan fingerprint density at radius 2 is 1.46 bits per heavy atom. The second-order valence-corrected chi connectivity index (χ2v) is 10.9. The molecule has 1 aromatic carbocycles. The van der Waals surface area contributed by atoms with Gasteiger partial charge in [0, 0.05) is 11.2 Å². The average molecular weight is 409 g/mol. The lowest BCUT2D eigenvalue weighted by atomic mass is 9.78. The van der Waals surface area contributed by atoms with Crippen molar-refractivity contribution < 1.29 is 14.6 Å². The number of hydrogen-bond donors (Lipinski definition) is 2. The molecule has 0 spiro atoms. The minimum absolute atomic E-state index is 0.0551. The molecule has 1 aromatic rings. The van der Waals surface area contributed by atoms with Crippen molar-refractivity contribution in [2.45, 2.75) is 103 Å². The van der Waals surface area contributed by atoms with Gasteiger partial charge in [0.15, 0.2) is 0 Å². The summed E-state index contributed by atoms with van der Waals surface area (Å²) in [5.74, 6) is 0.196. The zero-order valence-corrected chi connectivity index (χ0v) is 20.0.